The van der Waals surface area contributed by atoms with Crippen LogP contribution in [0.25, 0.3) is 0 Å². The second kappa shape index (κ2) is 4.31. The van der Waals surface area contributed by atoms with Crippen molar-refractivity contribution in [3.05, 3.63) is 0 Å². The molecule has 1 amide bonds. The Balaban J connectivity index is 3.45. The highest BCUT2D eigenvalue weighted by Gasteiger charge is 2.17. The highest BCUT2D eigenvalue weighted by Crippen LogP contribution is 2.13. The first kappa shape index (κ1) is 10.4. The predicted molar refractivity (Wildman–Crippen MR) is 40.7 cm³/mol. The van der Waals surface area contributed by atoms with E-state index < -0.39 is 5.79 Å². The Morgan fingerprint density at radius 1 is 1.73 bits per heavy atom. The molecule has 0 saturated carbocycles. The number of hydrogen-bond donors (Lipinski definition) is 2. The number of ether oxygens (including phenoxy) is 1. The first-order valence-electron chi connectivity index (χ1n) is 3.54. The van der Waals surface area contributed by atoms with Crippen molar-refractivity contribution in [2.75, 3.05) is 7.11 Å². The summed E-state index contributed by atoms with van der Waals surface area (Å²) in [5.41, 5.74) is 4.90. The Bertz CT molecular complexity index is 134. The third-order valence-corrected chi connectivity index (χ3v) is 1.50. The molecule has 0 bridgehead atoms. The molecular weight excluding hydrogens is 146 g/mol. The van der Waals surface area contributed by atoms with Crippen LogP contribution in [0.5, 0.6) is 0 Å². The molecule has 11 heavy (non-hydrogen) atoms. The number of hydrogen-bond acceptors (Lipinski definition) is 3. The number of aliphatic hydroxyl groups is 1. The molecule has 0 aromatic heterocycles. The predicted octanol–water partition coefficient (Wildman–Crippen LogP) is -0.00310. The molecule has 3 N–H and O–H groups in total. The first-order chi connectivity index (χ1) is 4.98. The normalized spacial score (nSPS) is 15.9. The van der Waals surface area contributed by atoms with E-state index in [9.17, 15) is 9.90 Å². The molecule has 66 valence electrons. The van der Waals surface area contributed by atoms with Crippen LogP contribution in [0.3, 0.4) is 0 Å². The quantitative estimate of drug-likeness (QED) is 0.557. The van der Waals surface area contributed by atoms with E-state index in [0.717, 1.165) is 0 Å². The van der Waals surface area contributed by atoms with Gasteiger partial charge in [0.25, 0.3) is 0 Å². The zero-order valence-electron chi connectivity index (χ0n) is 6.96. The highest BCUT2D eigenvalue weighted by molar-refractivity contribution is 5.73. The zero-order valence-corrected chi connectivity index (χ0v) is 6.96. The van der Waals surface area contributed by atoms with Crippen LogP contribution in [0.1, 0.15) is 26.2 Å². The molecule has 0 aliphatic rings. The maximum Gasteiger partial charge on any atom is 0.217 e. The van der Waals surface area contributed by atoms with Gasteiger partial charge >= 0.3 is 0 Å². The molecule has 0 spiro atoms. The number of methoxy groups -OCH3 is 1. The van der Waals surface area contributed by atoms with Gasteiger partial charge in [-0.3, -0.25) is 4.79 Å². The monoisotopic (exact) mass is 161 g/mol. The fourth-order valence-electron chi connectivity index (χ4n) is 0.693. The number of rotatable bonds is 5. The summed E-state index contributed by atoms with van der Waals surface area (Å²) < 4.78 is 4.72. The molecule has 0 aliphatic carbocycles. The molecule has 0 aromatic carbocycles. The van der Waals surface area contributed by atoms with Crippen LogP contribution in [-0.4, -0.2) is 23.9 Å². The molecule has 0 rings (SSSR count). The van der Waals surface area contributed by atoms with E-state index in [1.54, 1.807) is 6.92 Å². The molecule has 4 nitrogen and oxygen atoms in total. The molecule has 1 unspecified atom stereocenters. The third kappa shape index (κ3) is 5.82. The van der Waals surface area contributed by atoms with E-state index in [4.69, 9.17) is 10.5 Å². The lowest BCUT2D eigenvalue weighted by Gasteiger charge is -2.20. The molecule has 0 aliphatic heterocycles. The highest BCUT2D eigenvalue weighted by atomic mass is 16.6. The average Bonchev–Trinajstić information content (AvgIpc) is 1.87. The minimum Gasteiger partial charge on any atom is -0.370 e. The summed E-state index contributed by atoms with van der Waals surface area (Å²) in [6.45, 7) is 1.55. The summed E-state index contributed by atoms with van der Waals surface area (Å²) in [6, 6.07) is 0. The molecule has 1 atom stereocenters. The summed E-state index contributed by atoms with van der Waals surface area (Å²) in [6.07, 6.45) is 1.27. The standard InChI is InChI=1S/C7H15NO3/c1-7(10,11-2)5-3-4-6(8)9/h10H,3-5H2,1-2H3,(H2,8,9). The summed E-state index contributed by atoms with van der Waals surface area (Å²) in [7, 11) is 1.42. The van der Waals surface area contributed by atoms with Gasteiger partial charge in [-0.25, -0.2) is 0 Å². The van der Waals surface area contributed by atoms with Gasteiger partial charge in [0, 0.05) is 20.0 Å². The molecule has 0 radical (unpaired) electrons. The van der Waals surface area contributed by atoms with E-state index in [0.29, 0.717) is 19.3 Å². The molecule has 0 heterocycles. The van der Waals surface area contributed by atoms with Crippen LogP contribution >= 0.6 is 0 Å². The lowest BCUT2D eigenvalue weighted by atomic mass is 10.1. The van der Waals surface area contributed by atoms with Crippen LogP contribution in [0.2, 0.25) is 0 Å². The summed E-state index contributed by atoms with van der Waals surface area (Å²) in [4.78, 5) is 10.3. The minimum absolute atomic E-state index is 0.291. The molecule has 0 saturated heterocycles. The zero-order chi connectivity index (χ0) is 8.91. The van der Waals surface area contributed by atoms with Gasteiger partial charge in [0.15, 0.2) is 5.79 Å². The van der Waals surface area contributed by atoms with Gasteiger partial charge in [-0.15, -0.1) is 0 Å². The van der Waals surface area contributed by atoms with E-state index in [-0.39, 0.29) is 5.91 Å². The van der Waals surface area contributed by atoms with E-state index in [2.05, 4.69) is 0 Å². The summed E-state index contributed by atoms with van der Waals surface area (Å²) >= 11 is 0. The maximum atomic E-state index is 10.3. The lowest BCUT2D eigenvalue weighted by molar-refractivity contribution is -0.175. The molecule has 0 aromatic rings. The smallest absolute Gasteiger partial charge is 0.217 e. The van der Waals surface area contributed by atoms with E-state index in [1.165, 1.54) is 7.11 Å². The minimum atomic E-state index is -1.13. The Morgan fingerprint density at radius 2 is 2.27 bits per heavy atom. The Labute approximate surface area is 66.3 Å². The van der Waals surface area contributed by atoms with Gasteiger partial charge in [0.1, 0.15) is 0 Å². The number of carbonyl (C=O) groups excluding carboxylic acids is 1. The Kier molecular flexibility index (Phi) is 4.07. The molecule has 4 heteroatoms. The average molecular weight is 161 g/mol. The van der Waals surface area contributed by atoms with Crippen molar-refractivity contribution in [2.45, 2.75) is 32.0 Å². The molecule has 0 fully saturated rings. The van der Waals surface area contributed by atoms with Crippen molar-refractivity contribution < 1.29 is 14.6 Å². The number of primary amides is 1. The van der Waals surface area contributed by atoms with Crippen LogP contribution in [0.15, 0.2) is 0 Å². The third-order valence-electron chi connectivity index (χ3n) is 1.50. The number of nitrogens with two attached hydrogens (primary N) is 1. The topological polar surface area (TPSA) is 72.6 Å². The van der Waals surface area contributed by atoms with Crippen molar-refractivity contribution in [3.63, 3.8) is 0 Å². The Morgan fingerprint density at radius 3 is 2.64 bits per heavy atom. The largest absolute Gasteiger partial charge is 0.370 e. The van der Waals surface area contributed by atoms with Crippen LogP contribution in [0, 0.1) is 0 Å². The van der Waals surface area contributed by atoms with Gasteiger partial charge < -0.3 is 15.6 Å². The van der Waals surface area contributed by atoms with Gasteiger partial charge in [0.05, 0.1) is 0 Å². The van der Waals surface area contributed by atoms with Crippen LogP contribution in [-0.2, 0) is 9.53 Å². The van der Waals surface area contributed by atoms with Crippen molar-refractivity contribution in [3.8, 4) is 0 Å². The van der Waals surface area contributed by atoms with Crippen LogP contribution in [0.4, 0.5) is 0 Å². The maximum absolute atomic E-state index is 10.3. The van der Waals surface area contributed by atoms with E-state index in [1.807, 2.05) is 0 Å². The van der Waals surface area contributed by atoms with Crippen molar-refractivity contribution in [1.82, 2.24) is 0 Å². The second-order valence-corrected chi connectivity index (χ2v) is 2.70. The number of amides is 1. The number of carbonyl (C=O) groups is 1. The van der Waals surface area contributed by atoms with Crippen molar-refractivity contribution in [1.29, 1.82) is 0 Å². The van der Waals surface area contributed by atoms with Gasteiger partial charge in [-0.2, -0.15) is 0 Å². The van der Waals surface area contributed by atoms with Gasteiger partial charge in [-0.05, 0) is 13.3 Å². The summed E-state index contributed by atoms with van der Waals surface area (Å²) in [5, 5.41) is 9.26. The van der Waals surface area contributed by atoms with Gasteiger partial charge in [-0.1, -0.05) is 0 Å². The van der Waals surface area contributed by atoms with Gasteiger partial charge in [0.2, 0.25) is 5.91 Å². The summed E-state index contributed by atoms with van der Waals surface area (Å²) in [5.74, 6) is -1.48. The second-order valence-electron chi connectivity index (χ2n) is 2.70. The Hall–Kier alpha value is -0.610. The fourth-order valence-corrected chi connectivity index (χ4v) is 0.693. The van der Waals surface area contributed by atoms with E-state index >= 15 is 0 Å². The SMILES string of the molecule is COC(C)(O)CCCC(N)=O. The van der Waals surface area contributed by atoms with Crippen LogP contribution < -0.4 is 5.73 Å². The lowest BCUT2D eigenvalue weighted by Crippen LogP contribution is -2.26. The first-order valence-corrected chi connectivity index (χ1v) is 3.54. The van der Waals surface area contributed by atoms with Crippen molar-refractivity contribution >= 4 is 5.91 Å². The van der Waals surface area contributed by atoms with Crippen molar-refractivity contribution in [2.24, 2.45) is 5.73 Å². The molecular formula is C7H15NO3. The fraction of sp³-hybridized carbons (Fsp3) is 0.857.